The molecule has 2 heteroatoms. The van der Waals surface area contributed by atoms with Crippen molar-refractivity contribution in [1.29, 1.82) is 5.41 Å². The molecule has 7 heavy (non-hydrogen) atoms. The maximum Gasteiger partial charge on any atom is 0.178 e. The molecule has 0 atom stereocenters. The molecule has 0 unspecified atom stereocenters. The molecule has 0 fully saturated rings. The Balaban J connectivity index is 2.59. The molecule has 0 radical (unpaired) electrons. The van der Waals surface area contributed by atoms with Crippen molar-refractivity contribution in [2.75, 3.05) is 0 Å². The lowest BCUT2D eigenvalue weighted by Gasteiger charge is -1.84. The van der Waals surface area contributed by atoms with Gasteiger partial charge in [-0.3, -0.25) is 0 Å². The minimum atomic E-state index is 1.19. The van der Waals surface area contributed by atoms with Crippen LogP contribution >= 0.6 is 0 Å². The van der Waals surface area contributed by atoms with Gasteiger partial charge in [-0.15, -0.1) is 4.90 Å². The van der Waals surface area contributed by atoms with Crippen molar-refractivity contribution < 1.29 is 0 Å². The van der Waals surface area contributed by atoms with Crippen molar-refractivity contribution in [1.82, 2.24) is 4.90 Å². The molecule has 0 amide bonds. The number of nitrogens with one attached hydrogen (secondary N) is 1. The fraction of sp³-hybridized carbons (Fsp3) is 0. The summed E-state index contributed by atoms with van der Waals surface area (Å²) in [7, 11) is 0. The maximum absolute atomic E-state index is 6.67. The fourth-order valence-corrected chi connectivity index (χ4v) is 0.388. The van der Waals surface area contributed by atoms with Gasteiger partial charge in [-0.25, -0.2) is 5.41 Å². The highest BCUT2D eigenvalue weighted by Crippen LogP contribution is 1.93. The Hall–Kier alpha value is -1.14. The zero-order valence-corrected chi connectivity index (χ0v) is 3.76. The minimum Gasteiger partial charge on any atom is -0.241 e. The molecule has 1 rings (SSSR count). The molecule has 0 aromatic heterocycles. The predicted molar refractivity (Wildman–Crippen MR) is 27.6 cm³/mol. The standard InChI is InChI=1S/C5H5N2/c6-5-7-3-1-2-4-7/h1-3,5-6H/q+1. The largest absolute Gasteiger partial charge is 0.241 e. The van der Waals surface area contributed by atoms with Gasteiger partial charge in [-0.1, -0.05) is 0 Å². The molecule has 1 heterocycles. The molecule has 0 spiro atoms. The molecular formula is C5H5N2+. The molecule has 0 saturated heterocycles. The Labute approximate surface area is 42.3 Å². The summed E-state index contributed by atoms with van der Waals surface area (Å²) < 4.78 is 0. The quantitative estimate of drug-likeness (QED) is 0.289. The van der Waals surface area contributed by atoms with E-state index in [1.807, 2.05) is 6.08 Å². The Bertz CT molecular complexity index is 112. The molecule has 0 aromatic rings. The summed E-state index contributed by atoms with van der Waals surface area (Å²) in [5.74, 6) is 0. The highest BCUT2D eigenvalue weighted by Gasteiger charge is 2.00. The highest BCUT2D eigenvalue weighted by molar-refractivity contribution is 5.54. The summed E-state index contributed by atoms with van der Waals surface area (Å²) in [6, 6.07) is 0. The number of allylic oxidation sites excluding steroid dienone is 2. The first kappa shape index (κ1) is 4.03. The second-order valence-electron chi connectivity index (χ2n) is 1.17. The van der Waals surface area contributed by atoms with Gasteiger partial charge < -0.3 is 0 Å². The average Bonchev–Trinajstić information content (AvgIpc) is 2.14. The van der Waals surface area contributed by atoms with Crippen LogP contribution < -0.4 is 0 Å². The molecule has 34 valence electrons. The first-order valence-electron chi connectivity index (χ1n) is 1.98. The monoisotopic (exact) mass is 93.0 g/mol. The Kier molecular flexibility index (Phi) is 0.886. The zero-order valence-electron chi connectivity index (χ0n) is 3.76. The molecule has 2 nitrogen and oxygen atoms in total. The SMILES string of the molecule is N=CN1[C+]=CC=C1. The van der Waals surface area contributed by atoms with Gasteiger partial charge in [0, 0.05) is 0 Å². The van der Waals surface area contributed by atoms with Crippen LogP contribution in [0.25, 0.3) is 0 Å². The van der Waals surface area contributed by atoms with Crippen molar-refractivity contribution in [3.8, 4) is 0 Å². The van der Waals surface area contributed by atoms with E-state index < -0.39 is 0 Å². The van der Waals surface area contributed by atoms with E-state index in [1.165, 1.54) is 6.34 Å². The number of rotatable bonds is 1. The van der Waals surface area contributed by atoms with Crippen LogP contribution in [0.3, 0.4) is 0 Å². The van der Waals surface area contributed by atoms with Crippen LogP contribution in [0.5, 0.6) is 0 Å². The van der Waals surface area contributed by atoms with Crippen molar-refractivity contribution >= 4 is 6.34 Å². The Morgan fingerprint density at radius 1 is 1.71 bits per heavy atom. The molecule has 0 aliphatic carbocycles. The lowest BCUT2D eigenvalue weighted by atomic mass is 10.6. The second-order valence-corrected chi connectivity index (χ2v) is 1.17. The van der Waals surface area contributed by atoms with Gasteiger partial charge in [0.05, 0.1) is 6.08 Å². The highest BCUT2D eigenvalue weighted by atomic mass is 15.1. The zero-order chi connectivity index (χ0) is 5.11. The second kappa shape index (κ2) is 1.54. The van der Waals surface area contributed by atoms with Crippen molar-refractivity contribution in [3.05, 3.63) is 24.6 Å². The van der Waals surface area contributed by atoms with Crippen molar-refractivity contribution in [2.24, 2.45) is 0 Å². The smallest absolute Gasteiger partial charge is 0.178 e. The van der Waals surface area contributed by atoms with E-state index >= 15 is 0 Å². The van der Waals surface area contributed by atoms with Crippen LogP contribution in [-0.2, 0) is 0 Å². The van der Waals surface area contributed by atoms with E-state index in [0.29, 0.717) is 0 Å². The van der Waals surface area contributed by atoms with Gasteiger partial charge in [-0.05, 0) is 0 Å². The van der Waals surface area contributed by atoms with Crippen molar-refractivity contribution in [3.63, 3.8) is 0 Å². The van der Waals surface area contributed by atoms with Gasteiger partial charge in [0.1, 0.15) is 18.5 Å². The summed E-state index contributed by atoms with van der Waals surface area (Å²) in [6.45, 7) is 0. The fourth-order valence-electron chi connectivity index (χ4n) is 0.388. The molecule has 1 aliphatic rings. The molecule has 0 saturated carbocycles. The van der Waals surface area contributed by atoms with E-state index in [-0.39, 0.29) is 0 Å². The van der Waals surface area contributed by atoms with Crippen LogP contribution in [0.15, 0.2) is 18.4 Å². The third-order valence-corrected chi connectivity index (χ3v) is 0.706. The number of hydrogen-bond acceptors (Lipinski definition) is 1. The van der Waals surface area contributed by atoms with Crippen LogP contribution in [0.1, 0.15) is 0 Å². The number of hydrogen-bond donors (Lipinski definition) is 1. The predicted octanol–water partition coefficient (Wildman–Crippen LogP) is 0.740. The number of nitrogens with zero attached hydrogens (tertiary/aromatic N) is 1. The van der Waals surface area contributed by atoms with E-state index in [1.54, 1.807) is 17.2 Å². The Morgan fingerprint density at radius 2 is 2.57 bits per heavy atom. The summed E-state index contributed by atoms with van der Waals surface area (Å²) in [4.78, 5) is 1.54. The summed E-state index contributed by atoms with van der Waals surface area (Å²) in [5.41, 5.74) is 0. The average molecular weight is 93.1 g/mol. The van der Waals surface area contributed by atoms with E-state index in [2.05, 4.69) is 6.20 Å². The first-order chi connectivity index (χ1) is 3.43. The summed E-state index contributed by atoms with van der Waals surface area (Å²) in [6.07, 6.45) is 9.29. The molecule has 0 aromatic carbocycles. The van der Waals surface area contributed by atoms with Gasteiger partial charge in [0.15, 0.2) is 6.34 Å². The van der Waals surface area contributed by atoms with Gasteiger partial charge in [0.25, 0.3) is 0 Å². The topological polar surface area (TPSA) is 27.1 Å². The molecule has 1 N–H and O–H groups in total. The molecule has 1 aliphatic heterocycles. The van der Waals surface area contributed by atoms with Crippen LogP contribution in [-0.4, -0.2) is 11.2 Å². The lowest BCUT2D eigenvalue weighted by molar-refractivity contribution is 0.764. The van der Waals surface area contributed by atoms with Gasteiger partial charge >= 0.3 is 0 Å². The first-order valence-corrected chi connectivity index (χ1v) is 1.98. The van der Waals surface area contributed by atoms with E-state index in [4.69, 9.17) is 5.41 Å². The van der Waals surface area contributed by atoms with Crippen LogP contribution in [0.4, 0.5) is 0 Å². The van der Waals surface area contributed by atoms with E-state index in [9.17, 15) is 0 Å². The Morgan fingerprint density at radius 3 is 2.86 bits per heavy atom. The van der Waals surface area contributed by atoms with Crippen LogP contribution in [0.2, 0.25) is 0 Å². The third kappa shape index (κ3) is 0.643. The minimum absolute atomic E-state index is 1.19. The summed E-state index contributed by atoms with van der Waals surface area (Å²) in [5, 5.41) is 6.67. The maximum atomic E-state index is 6.67. The van der Waals surface area contributed by atoms with Crippen LogP contribution in [0, 0.1) is 11.6 Å². The third-order valence-electron chi connectivity index (χ3n) is 0.706. The lowest BCUT2D eigenvalue weighted by Crippen LogP contribution is -2.01. The van der Waals surface area contributed by atoms with Gasteiger partial charge in [0.2, 0.25) is 0 Å². The van der Waals surface area contributed by atoms with Gasteiger partial charge in [-0.2, -0.15) is 0 Å². The molecular weight excluding hydrogens is 88.1 g/mol. The normalized spacial score (nSPS) is 14.6. The molecule has 0 bridgehead atoms. The van der Waals surface area contributed by atoms with Crippen molar-refractivity contribution in [2.45, 2.75) is 0 Å². The van der Waals surface area contributed by atoms with E-state index in [0.717, 1.165) is 0 Å². The summed E-state index contributed by atoms with van der Waals surface area (Å²) >= 11 is 0.